The minimum absolute atomic E-state index is 0.228. The Labute approximate surface area is 232 Å². The molecule has 0 bridgehead atoms. The number of thiazole rings is 1. The zero-order valence-electron chi connectivity index (χ0n) is 20.9. The Morgan fingerprint density at radius 3 is 2.50 bits per heavy atom. The van der Waals surface area contributed by atoms with E-state index >= 15 is 0 Å². The van der Waals surface area contributed by atoms with Gasteiger partial charge in [0.25, 0.3) is 5.56 Å². The van der Waals surface area contributed by atoms with Gasteiger partial charge in [0.05, 0.1) is 28.5 Å². The molecule has 5 rings (SSSR count). The molecule has 1 aromatic heterocycles. The Morgan fingerprint density at radius 1 is 1.05 bits per heavy atom. The lowest BCUT2D eigenvalue weighted by atomic mass is 9.96. The number of rotatable bonds is 7. The summed E-state index contributed by atoms with van der Waals surface area (Å²) in [5.74, 6) is 0.200. The number of hydrogen-bond acceptors (Lipinski definition) is 6. The predicted octanol–water partition coefficient (Wildman–Crippen LogP) is 5.14. The second-order valence-electron chi connectivity index (χ2n) is 8.67. The molecule has 0 aliphatic carbocycles. The highest BCUT2D eigenvalue weighted by molar-refractivity contribution is 9.10. The van der Waals surface area contributed by atoms with Gasteiger partial charge >= 0.3 is 5.97 Å². The first-order chi connectivity index (χ1) is 18.5. The van der Waals surface area contributed by atoms with Crippen LogP contribution >= 0.6 is 27.3 Å². The number of allylic oxidation sites excluding steroid dienone is 1. The average Bonchev–Trinajstić information content (AvgIpc) is 3.22. The maximum absolute atomic E-state index is 13.8. The van der Waals surface area contributed by atoms with Gasteiger partial charge in [-0.3, -0.25) is 9.36 Å². The molecule has 2 heterocycles. The highest BCUT2D eigenvalue weighted by Crippen LogP contribution is 2.31. The van der Waals surface area contributed by atoms with Crippen LogP contribution in [0.3, 0.4) is 0 Å². The van der Waals surface area contributed by atoms with Gasteiger partial charge in [0.1, 0.15) is 12.4 Å². The Kier molecular flexibility index (Phi) is 7.72. The van der Waals surface area contributed by atoms with E-state index in [-0.39, 0.29) is 12.2 Å². The molecule has 4 aromatic rings. The molecule has 0 fully saturated rings. The van der Waals surface area contributed by atoms with E-state index < -0.39 is 12.0 Å². The topological polar surface area (TPSA) is 69.9 Å². The van der Waals surface area contributed by atoms with Crippen LogP contribution in [0.25, 0.3) is 6.08 Å². The summed E-state index contributed by atoms with van der Waals surface area (Å²) in [7, 11) is 0. The number of aromatic nitrogens is 1. The predicted molar refractivity (Wildman–Crippen MR) is 152 cm³/mol. The molecule has 0 spiro atoms. The number of para-hydroxylation sites is 1. The summed E-state index contributed by atoms with van der Waals surface area (Å²) in [5, 5.41) is 0. The van der Waals surface area contributed by atoms with Crippen molar-refractivity contribution in [1.29, 1.82) is 0 Å². The third-order valence-electron chi connectivity index (χ3n) is 6.15. The van der Waals surface area contributed by atoms with Crippen molar-refractivity contribution in [1.82, 2.24) is 4.57 Å². The summed E-state index contributed by atoms with van der Waals surface area (Å²) in [6.45, 7) is 4.18. The summed E-state index contributed by atoms with van der Waals surface area (Å²) in [6, 6.07) is 24.5. The highest BCUT2D eigenvalue weighted by atomic mass is 79.9. The van der Waals surface area contributed by atoms with Gasteiger partial charge in [-0.25, -0.2) is 9.79 Å². The molecule has 0 N–H and O–H groups in total. The summed E-state index contributed by atoms with van der Waals surface area (Å²) in [5.41, 5.74) is 3.31. The lowest BCUT2D eigenvalue weighted by Crippen LogP contribution is -2.39. The third kappa shape index (κ3) is 5.28. The van der Waals surface area contributed by atoms with Crippen molar-refractivity contribution in [2.24, 2.45) is 4.99 Å². The minimum Gasteiger partial charge on any atom is -0.488 e. The molecule has 3 aromatic carbocycles. The Bertz CT molecular complexity index is 1690. The van der Waals surface area contributed by atoms with E-state index in [4.69, 9.17) is 9.47 Å². The maximum Gasteiger partial charge on any atom is 0.338 e. The fourth-order valence-corrected chi connectivity index (χ4v) is 5.66. The fourth-order valence-electron chi connectivity index (χ4n) is 4.36. The van der Waals surface area contributed by atoms with Crippen LogP contribution in [0.1, 0.15) is 36.6 Å². The fraction of sp³-hybridized carbons (Fsp3) is 0.167. The molecule has 1 aliphatic rings. The lowest BCUT2D eigenvalue weighted by Gasteiger charge is -2.24. The van der Waals surface area contributed by atoms with Crippen molar-refractivity contribution < 1.29 is 14.3 Å². The number of carbonyl (C=O) groups excluding carboxylic acids is 1. The van der Waals surface area contributed by atoms with Crippen molar-refractivity contribution in [2.45, 2.75) is 26.5 Å². The van der Waals surface area contributed by atoms with Gasteiger partial charge in [-0.2, -0.15) is 0 Å². The second kappa shape index (κ2) is 11.3. The molecule has 1 atom stereocenters. The summed E-state index contributed by atoms with van der Waals surface area (Å²) >= 11 is 4.76. The van der Waals surface area contributed by atoms with Gasteiger partial charge in [0.15, 0.2) is 4.80 Å². The Balaban J connectivity index is 1.61. The lowest BCUT2D eigenvalue weighted by molar-refractivity contribution is -0.139. The summed E-state index contributed by atoms with van der Waals surface area (Å²) < 4.78 is 14.5. The van der Waals surface area contributed by atoms with Crippen LogP contribution in [-0.2, 0) is 16.1 Å². The van der Waals surface area contributed by atoms with Gasteiger partial charge < -0.3 is 9.47 Å². The number of benzene rings is 3. The highest BCUT2D eigenvalue weighted by Gasteiger charge is 2.33. The van der Waals surface area contributed by atoms with Crippen LogP contribution in [0.2, 0.25) is 0 Å². The van der Waals surface area contributed by atoms with Crippen LogP contribution in [0.4, 0.5) is 0 Å². The number of hydrogen-bond donors (Lipinski definition) is 0. The smallest absolute Gasteiger partial charge is 0.338 e. The average molecular weight is 590 g/mol. The molecule has 8 heteroatoms. The van der Waals surface area contributed by atoms with Crippen LogP contribution in [0, 0.1) is 0 Å². The normalized spacial score (nSPS) is 15.1. The first-order valence-electron chi connectivity index (χ1n) is 12.2. The molecule has 0 amide bonds. The van der Waals surface area contributed by atoms with E-state index in [1.807, 2.05) is 84.9 Å². The maximum atomic E-state index is 13.8. The van der Waals surface area contributed by atoms with Crippen molar-refractivity contribution in [3.8, 4) is 5.75 Å². The van der Waals surface area contributed by atoms with E-state index in [1.165, 1.54) is 11.3 Å². The number of esters is 1. The molecule has 38 heavy (non-hydrogen) atoms. The van der Waals surface area contributed by atoms with Gasteiger partial charge in [-0.15, -0.1) is 0 Å². The summed E-state index contributed by atoms with van der Waals surface area (Å²) in [6.07, 6.45) is 1.83. The van der Waals surface area contributed by atoms with Crippen molar-refractivity contribution in [2.75, 3.05) is 6.61 Å². The molecular weight excluding hydrogens is 564 g/mol. The van der Waals surface area contributed by atoms with Gasteiger partial charge in [0, 0.05) is 10.0 Å². The third-order valence-corrected chi connectivity index (χ3v) is 7.66. The van der Waals surface area contributed by atoms with E-state index in [2.05, 4.69) is 20.9 Å². The Hall–Kier alpha value is -3.75. The van der Waals surface area contributed by atoms with E-state index in [1.54, 1.807) is 18.4 Å². The number of fused-ring (bicyclic) bond motifs is 1. The van der Waals surface area contributed by atoms with Gasteiger partial charge in [-0.05, 0) is 49.2 Å². The number of halogens is 1. The van der Waals surface area contributed by atoms with Crippen molar-refractivity contribution in [3.05, 3.63) is 131 Å². The van der Waals surface area contributed by atoms with Crippen LogP contribution in [0.5, 0.6) is 5.75 Å². The quantitative estimate of drug-likeness (QED) is 0.280. The van der Waals surface area contributed by atoms with Crippen LogP contribution in [0.15, 0.2) is 104 Å². The van der Waals surface area contributed by atoms with Crippen LogP contribution in [-0.4, -0.2) is 17.1 Å². The van der Waals surface area contributed by atoms with Gasteiger partial charge in [-0.1, -0.05) is 87.9 Å². The molecule has 0 saturated heterocycles. The van der Waals surface area contributed by atoms with E-state index in [9.17, 15) is 9.59 Å². The van der Waals surface area contributed by atoms with Crippen molar-refractivity contribution in [3.63, 3.8) is 0 Å². The number of nitrogens with zero attached hydrogens (tertiary/aromatic N) is 2. The number of ether oxygens (including phenoxy) is 2. The molecule has 6 nitrogen and oxygen atoms in total. The Morgan fingerprint density at radius 2 is 1.76 bits per heavy atom. The summed E-state index contributed by atoms with van der Waals surface area (Å²) in [4.78, 5) is 32.1. The van der Waals surface area contributed by atoms with Gasteiger partial charge in [0.2, 0.25) is 0 Å². The monoisotopic (exact) mass is 588 g/mol. The van der Waals surface area contributed by atoms with Crippen LogP contribution < -0.4 is 19.6 Å². The number of carbonyl (C=O) groups is 1. The zero-order chi connectivity index (χ0) is 26.6. The first-order valence-corrected chi connectivity index (χ1v) is 13.8. The second-order valence-corrected chi connectivity index (χ2v) is 10.6. The molecule has 192 valence electrons. The van der Waals surface area contributed by atoms with E-state index in [0.29, 0.717) is 33.0 Å². The molecule has 1 aliphatic heterocycles. The minimum atomic E-state index is -0.648. The molecule has 0 radical (unpaired) electrons. The zero-order valence-corrected chi connectivity index (χ0v) is 23.3. The molecule has 0 saturated carbocycles. The SMILES string of the molecule is CCOC(=O)C1=C(C)N=c2s/c(=C\c3ccccc3OCc3ccccc3)c(=O)n2[C@@H]1c1ccc(Br)cc1. The molecule has 0 unspecified atom stereocenters. The van der Waals surface area contributed by atoms with E-state index in [0.717, 1.165) is 21.2 Å². The van der Waals surface area contributed by atoms with Crippen molar-refractivity contribution >= 4 is 39.3 Å². The standard InChI is InChI=1S/C30H25BrN2O4S/c1-3-36-29(35)26-19(2)32-30-33(27(26)21-13-15-23(31)16-14-21)28(34)25(38-30)17-22-11-7-8-12-24(22)37-18-20-9-5-4-6-10-20/h4-17,27H,3,18H2,1-2H3/b25-17-/t27-/m1/s1. The first kappa shape index (κ1) is 25.9. The molecular formula is C30H25BrN2O4S. The largest absolute Gasteiger partial charge is 0.488 e.